The number of nitrogens with zero attached hydrogens (tertiary/aromatic N) is 1. The van der Waals surface area contributed by atoms with Crippen LogP contribution < -0.4 is 0 Å². The Morgan fingerprint density at radius 2 is 2.21 bits per heavy atom. The monoisotopic (exact) mass is 263 g/mol. The van der Waals surface area contributed by atoms with Crippen LogP contribution in [0, 0.1) is 0 Å². The van der Waals surface area contributed by atoms with Gasteiger partial charge in [-0.05, 0) is 25.0 Å². The summed E-state index contributed by atoms with van der Waals surface area (Å²) in [7, 11) is 0. The number of ether oxygens (including phenoxy) is 1. The Hall–Kier alpha value is -2.04. The highest BCUT2D eigenvalue weighted by Crippen LogP contribution is 2.35. The summed E-state index contributed by atoms with van der Waals surface area (Å²) in [5.74, 6) is -0.466. The maximum absolute atomic E-state index is 12.1. The van der Waals surface area contributed by atoms with Crippen LogP contribution in [0.5, 0.6) is 5.75 Å². The number of carbonyl (C=O) groups excluding carboxylic acids is 2. The van der Waals surface area contributed by atoms with Crippen LogP contribution in [0.25, 0.3) is 0 Å². The fourth-order valence-electron chi connectivity index (χ4n) is 2.46. The van der Waals surface area contributed by atoms with Gasteiger partial charge in [0, 0.05) is 19.0 Å². The number of hydrogen-bond acceptors (Lipinski definition) is 4. The summed E-state index contributed by atoms with van der Waals surface area (Å²) < 4.78 is 5.04. The van der Waals surface area contributed by atoms with Crippen LogP contribution in [0.2, 0.25) is 0 Å². The average molecular weight is 263 g/mol. The van der Waals surface area contributed by atoms with Gasteiger partial charge in [0.25, 0.3) is 0 Å². The number of esters is 1. The maximum Gasteiger partial charge on any atom is 0.333 e. The molecular formula is C14H17NO4. The summed E-state index contributed by atoms with van der Waals surface area (Å²) in [6.07, 6.45) is 0.539. The van der Waals surface area contributed by atoms with Gasteiger partial charge < -0.3 is 14.7 Å². The number of hydrogen-bond donors (Lipinski definition) is 1. The standard InChI is InChI=1S/C14H17NO4/c1-3-19-14(18)13-11-5-4-6-12(17)10(11)7-8-15(13)9(2)16/h4-6,13,17H,3,7-8H2,1-2H3/t13-/m0/s1. The number of rotatable bonds is 2. The first-order chi connectivity index (χ1) is 9.06. The predicted octanol–water partition coefficient (Wildman–Crippen LogP) is 1.40. The summed E-state index contributed by atoms with van der Waals surface area (Å²) in [5.41, 5.74) is 1.37. The van der Waals surface area contributed by atoms with Crippen LogP contribution in [0.4, 0.5) is 0 Å². The lowest BCUT2D eigenvalue weighted by Crippen LogP contribution is -2.43. The van der Waals surface area contributed by atoms with E-state index in [1.807, 2.05) is 0 Å². The molecule has 1 heterocycles. The van der Waals surface area contributed by atoms with E-state index in [4.69, 9.17) is 4.74 Å². The maximum atomic E-state index is 12.1. The van der Waals surface area contributed by atoms with Crippen molar-refractivity contribution < 1.29 is 19.4 Å². The summed E-state index contributed by atoms with van der Waals surface area (Å²) in [5, 5.41) is 9.86. The normalized spacial score (nSPS) is 17.8. The fraction of sp³-hybridized carbons (Fsp3) is 0.429. The third kappa shape index (κ3) is 2.41. The van der Waals surface area contributed by atoms with Crippen molar-refractivity contribution in [3.05, 3.63) is 29.3 Å². The fourth-order valence-corrected chi connectivity index (χ4v) is 2.46. The molecule has 5 nitrogen and oxygen atoms in total. The van der Waals surface area contributed by atoms with E-state index in [0.717, 1.165) is 5.56 Å². The highest BCUT2D eigenvalue weighted by Gasteiger charge is 2.36. The van der Waals surface area contributed by atoms with Gasteiger partial charge in [0.2, 0.25) is 5.91 Å². The van der Waals surface area contributed by atoms with Crippen LogP contribution in [-0.2, 0) is 20.7 Å². The molecule has 0 aromatic heterocycles. The molecule has 0 fully saturated rings. The van der Waals surface area contributed by atoms with Crippen molar-refractivity contribution in [1.82, 2.24) is 4.90 Å². The van der Waals surface area contributed by atoms with Gasteiger partial charge in [-0.3, -0.25) is 4.79 Å². The van der Waals surface area contributed by atoms with E-state index >= 15 is 0 Å². The second-order valence-corrected chi connectivity index (χ2v) is 4.46. The van der Waals surface area contributed by atoms with Gasteiger partial charge in [-0.25, -0.2) is 4.79 Å². The van der Waals surface area contributed by atoms with E-state index in [-0.39, 0.29) is 18.3 Å². The summed E-state index contributed by atoms with van der Waals surface area (Å²) >= 11 is 0. The first kappa shape index (κ1) is 13.4. The van der Waals surface area contributed by atoms with Crippen molar-refractivity contribution in [2.24, 2.45) is 0 Å². The molecule has 0 radical (unpaired) electrons. The molecule has 5 heteroatoms. The van der Waals surface area contributed by atoms with E-state index in [2.05, 4.69) is 0 Å². The van der Waals surface area contributed by atoms with Crippen molar-refractivity contribution in [3.63, 3.8) is 0 Å². The van der Waals surface area contributed by atoms with Crippen LogP contribution in [0.1, 0.15) is 31.0 Å². The summed E-state index contributed by atoms with van der Waals surface area (Å²) in [4.78, 5) is 25.2. The molecule has 0 unspecified atom stereocenters. The zero-order valence-corrected chi connectivity index (χ0v) is 11.0. The van der Waals surface area contributed by atoms with Gasteiger partial charge in [0.1, 0.15) is 5.75 Å². The van der Waals surface area contributed by atoms with Crippen molar-refractivity contribution in [2.45, 2.75) is 26.3 Å². The van der Waals surface area contributed by atoms with Gasteiger partial charge >= 0.3 is 5.97 Å². The van der Waals surface area contributed by atoms with Gasteiger partial charge in [-0.15, -0.1) is 0 Å². The highest BCUT2D eigenvalue weighted by molar-refractivity contribution is 5.85. The van der Waals surface area contributed by atoms with Gasteiger partial charge in [-0.1, -0.05) is 12.1 Å². The Balaban J connectivity index is 2.47. The Morgan fingerprint density at radius 3 is 2.84 bits per heavy atom. The third-order valence-corrected chi connectivity index (χ3v) is 3.31. The second-order valence-electron chi connectivity index (χ2n) is 4.46. The lowest BCUT2D eigenvalue weighted by molar-refractivity contribution is -0.155. The molecule has 19 heavy (non-hydrogen) atoms. The van der Waals surface area contributed by atoms with E-state index in [0.29, 0.717) is 18.5 Å². The molecule has 1 N–H and O–H groups in total. The molecule has 1 aromatic rings. The van der Waals surface area contributed by atoms with Crippen LogP contribution in [0.15, 0.2) is 18.2 Å². The quantitative estimate of drug-likeness (QED) is 0.819. The topological polar surface area (TPSA) is 66.8 Å². The molecule has 1 aliphatic rings. The Morgan fingerprint density at radius 1 is 1.47 bits per heavy atom. The number of carbonyl (C=O) groups is 2. The Bertz CT molecular complexity index is 512. The number of phenols is 1. The molecule has 0 spiro atoms. The zero-order chi connectivity index (χ0) is 14.0. The molecule has 1 amide bonds. The van der Waals surface area contributed by atoms with E-state index in [1.54, 1.807) is 25.1 Å². The largest absolute Gasteiger partial charge is 0.508 e. The zero-order valence-electron chi connectivity index (χ0n) is 11.0. The summed E-state index contributed by atoms with van der Waals surface area (Å²) in [6.45, 7) is 3.82. The lowest BCUT2D eigenvalue weighted by atomic mass is 9.91. The van der Waals surface area contributed by atoms with Gasteiger partial charge in [0.05, 0.1) is 6.61 Å². The molecule has 0 saturated carbocycles. The molecule has 1 aliphatic heterocycles. The molecular weight excluding hydrogens is 246 g/mol. The predicted molar refractivity (Wildman–Crippen MR) is 68.6 cm³/mol. The Labute approximate surface area is 111 Å². The smallest absolute Gasteiger partial charge is 0.333 e. The highest BCUT2D eigenvalue weighted by atomic mass is 16.5. The molecule has 0 aliphatic carbocycles. The molecule has 2 rings (SSSR count). The molecule has 1 atom stereocenters. The number of aromatic hydroxyl groups is 1. The van der Waals surface area contributed by atoms with E-state index in [9.17, 15) is 14.7 Å². The lowest BCUT2D eigenvalue weighted by Gasteiger charge is -2.35. The SMILES string of the molecule is CCOC(=O)[C@@H]1c2cccc(O)c2CCN1C(C)=O. The molecule has 0 bridgehead atoms. The first-order valence-electron chi connectivity index (χ1n) is 6.30. The van der Waals surface area contributed by atoms with Crippen LogP contribution >= 0.6 is 0 Å². The van der Waals surface area contributed by atoms with E-state index in [1.165, 1.54) is 11.8 Å². The number of fused-ring (bicyclic) bond motifs is 1. The third-order valence-electron chi connectivity index (χ3n) is 3.31. The van der Waals surface area contributed by atoms with Gasteiger partial charge in [0.15, 0.2) is 6.04 Å². The number of amides is 1. The first-order valence-corrected chi connectivity index (χ1v) is 6.30. The molecule has 0 saturated heterocycles. The minimum atomic E-state index is -0.756. The van der Waals surface area contributed by atoms with Gasteiger partial charge in [-0.2, -0.15) is 0 Å². The van der Waals surface area contributed by atoms with E-state index < -0.39 is 12.0 Å². The Kier molecular flexibility index (Phi) is 3.74. The van der Waals surface area contributed by atoms with Crippen molar-refractivity contribution in [2.75, 3.05) is 13.2 Å². The van der Waals surface area contributed by atoms with Crippen molar-refractivity contribution in [1.29, 1.82) is 0 Å². The molecule has 102 valence electrons. The minimum Gasteiger partial charge on any atom is -0.508 e. The average Bonchev–Trinajstić information content (AvgIpc) is 2.38. The second kappa shape index (κ2) is 5.30. The minimum absolute atomic E-state index is 0.162. The van der Waals surface area contributed by atoms with Crippen LogP contribution in [-0.4, -0.2) is 35.0 Å². The summed E-state index contributed by atoms with van der Waals surface area (Å²) in [6, 6.07) is 4.26. The van der Waals surface area contributed by atoms with Crippen molar-refractivity contribution in [3.8, 4) is 5.75 Å². The molecule has 1 aromatic carbocycles. The van der Waals surface area contributed by atoms with Crippen LogP contribution in [0.3, 0.4) is 0 Å². The van der Waals surface area contributed by atoms with Crippen molar-refractivity contribution >= 4 is 11.9 Å². The number of phenolic OH excluding ortho intramolecular Hbond substituents is 1. The number of benzene rings is 1.